The number of phosphoric ester groups is 1. The Morgan fingerprint density at radius 1 is 0.397 bits per heavy atom. The molecule has 0 aliphatic heterocycles. The minimum Gasteiger partial charge on any atom is -0.462 e. The number of phosphoric acid groups is 1. The van der Waals surface area contributed by atoms with E-state index in [0.29, 0.717) is 23.9 Å². The number of likely N-dealkylation sites (N-methyl/N-ethyl adjacent to an activating group) is 1. The topological polar surface area (TPSA) is 108 Å². The zero-order valence-electron chi connectivity index (χ0n) is 50.6. The predicted molar refractivity (Wildman–Crippen MR) is 334 cm³/mol. The van der Waals surface area contributed by atoms with Crippen LogP contribution in [-0.2, 0) is 32.7 Å². The van der Waals surface area contributed by atoms with Gasteiger partial charge < -0.3 is 18.9 Å². The minimum atomic E-state index is -4.40. The molecule has 0 radical (unpaired) electrons. The van der Waals surface area contributed by atoms with Gasteiger partial charge in [-0.2, -0.15) is 0 Å². The highest BCUT2D eigenvalue weighted by Crippen LogP contribution is 2.43. The van der Waals surface area contributed by atoms with Crippen LogP contribution in [0.2, 0.25) is 0 Å². The number of nitrogens with zero attached hydrogens (tertiary/aromatic N) is 1. The molecule has 78 heavy (non-hydrogen) atoms. The average molecular weight is 1110 g/mol. The van der Waals surface area contributed by atoms with Crippen LogP contribution >= 0.6 is 7.82 Å². The molecule has 0 saturated carbocycles. The zero-order chi connectivity index (χ0) is 57.0. The SMILES string of the molecule is CC/C=C\C/C=C\C/C=C\C/C=C\C/C=C\C/C=C\CCCCCCCCCCCCCCCCCCCCCCCCC(=O)OC(COC(=O)CC/C=C\C/C=C\C/C=C\C/C=C\CC)COP(=O)(O)OCC[N+](C)(C)C. The monoisotopic (exact) mass is 1110 g/mol. The number of carbonyl (C=O) groups excluding carboxylic acids is 2. The first kappa shape index (κ1) is 74.4. The van der Waals surface area contributed by atoms with Crippen molar-refractivity contribution in [2.24, 2.45) is 0 Å². The Balaban J connectivity index is 3.94. The van der Waals surface area contributed by atoms with Gasteiger partial charge in [0, 0.05) is 12.8 Å². The number of esters is 2. The van der Waals surface area contributed by atoms with Gasteiger partial charge >= 0.3 is 19.8 Å². The first-order valence-corrected chi connectivity index (χ1v) is 32.8. The van der Waals surface area contributed by atoms with Gasteiger partial charge in [-0.15, -0.1) is 0 Å². The van der Waals surface area contributed by atoms with Crippen molar-refractivity contribution < 1.29 is 42.1 Å². The van der Waals surface area contributed by atoms with Crippen molar-refractivity contribution in [3.63, 3.8) is 0 Å². The molecule has 0 fully saturated rings. The Morgan fingerprint density at radius 2 is 0.718 bits per heavy atom. The van der Waals surface area contributed by atoms with Gasteiger partial charge in [0.2, 0.25) is 0 Å². The molecule has 0 saturated heterocycles. The molecule has 2 unspecified atom stereocenters. The Morgan fingerprint density at radius 3 is 1.08 bits per heavy atom. The van der Waals surface area contributed by atoms with Gasteiger partial charge in [-0.05, 0) is 89.9 Å². The minimum absolute atomic E-state index is 0.0179. The molecule has 0 spiro atoms. The second-order valence-corrected chi connectivity index (χ2v) is 23.1. The van der Waals surface area contributed by atoms with E-state index in [1.165, 1.54) is 122 Å². The maximum Gasteiger partial charge on any atom is 0.472 e. The Hall–Kier alpha value is -3.59. The maximum atomic E-state index is 12.8. The highest BCUT2D eigenvalue weighted by Gasteiger charge is 2.27. The molecule has 0 rings (SSSR count). The summed E-state index contributed by atoms with van der Waals surface area (Å²) < 4.78 is 34.4. The van der Waals surface area contributed by atoms with Gasteiger partial charge in [-0.3, -0.25) is 18.6 Å². The molecule has 0 aromatic rings. The third-order valence-corrected chi connectivity index (χ3v) is 14.0. The van der Waals surface area contributed by atoms with E-state index in [9.17, 15) is 19.0 Å². The van der Waals surface area contributed by atoms with Gasteiger partial charge in [0.15, 0.2) is 6.10 Å². The number of allylic oxidation sites excluding steroid dienone is 20. The summed E-state index contributed by atoms with van der Waals surface area (Å²) in [7, 11) is 1.44. The Kier molecular flexibility index (Phi) is 55.4. The second-order valence-electron chi connectivity index (χ2n) is 21.7. The summed E-state index contributed by atoms with van der Waals surface area (Å²) in [5.41, 5.74) is 0. The summed E-state index contributed by atoms with van der Waals surface area (Å²) in [6.45, 7) is 4.11. The van der Waals surface area contributed by atoms with Crippen LogP contribution in [0.25, 0.3) is 0 Å². The number of quaternary nitrogens is 1. The fraction of sp³-hybridized carbons (Fsp3) is 0.676. The molecule has 446 valence electrons. The summed E-state index contributed by atoms with van der Waals surface area (Å²) in [5, 5.41) is 0. The molecular formula is C68H117NO8P+. The Bertz CT molecular complexity index is 1730. The first-order chi connectivity index (χ1) is 38.0. The predicted octanol–water partition coefficient (Wildman–Crippen LogP) is 19.9. The maximum absolute atomic E-state index is 12.8. The number of hydrogen-bond acceptors (Lipinski definition) is 7. The molecule has 0 aliphatic carbocycles. The van der Waals surface area contributed by atoms with Crippen LogP contribution in [0.15, 0.2) is 122 Å². The number of unbranched alkanes of at least 4 members (excludes halogenated alkanes) is 22. The Labute approximate surface area is 479 Å². The quantitative estimate of drug-likeness (QED) is 0.0211. The molecule has 0 bridgehead atoms. The number of ether oxygens (including phenoxy) is 2. The van der Waals surface area contributed by atoms with Crippen LogP contribution in [0.1, 0.15) is 245 Å². The summed E-state index contributed by atoms with van der Waals surface area (Å²) in [6, 6.07) is 0. The van der Waals surface area contributed by atoms with Crippen LogP contribution in [0.5, 0.6) is 0 Å². The third kappa shape index (κ3) is 61.6. The second kappa shape index (κ2) is 58.1. The molecule has 1 N–H and O–H groups in total. The van der Waals surface area contributed by atoms with Gasteiger partial charge in [-0.1, -0.05) is 264 Å². The molecule has 0 aliphatic rings. The van der Waals surface area contributed by atoms with Crippen LogP contribution in [-0.4, -0.2) is 74.9 Å². The highest BCUT2D eigenvalue weighted by atomic mass is 31.2. The zero-order valence-corrected chi connectivity index (χ0v) is 51.5. The van der Waals surface area contributed by atoms with Crippen LogP contribution in [0.4, 0.5) is 0 Å². The number of carbonyl (C=O) groups is 2. The van der Waals surface area contributed by atoms with Gasteiger partial charge in [-0.25, -0.2) is 4.57 Å². The van der Waals surface area contributed by atoms with Crippen molar-refractivity contribution in [2.45, 2.75) is 251 Å². The lowest BCUT2D eigenvalue weighted by Gasteiger charge is -2.24. The van der Waals surface area contributed by atoms with Gasteiger partial charge in [0.1, 0.15) is 19.8 Å². The summed E-state index contributed by atoms with van der Waals surface area (Å²) in [4.78, 5) is 35.6. The summed E-state index contributed by atoms with van der Waals surface area (Å²) in [6.07, 6.45) is 83.3. The van der Waals surface area contributed by atoms with E-state index < -0.39 is 32.5 Å². The smallest absolute Gasteiger partial charge is 0.462 e. The third-order valence-electron chi connectivity index (χ3n) is 13.0. The normalized spacial score (nSPS) is 14.1. The van der Waals surface area contributed by atoms with Crippen molar-refractivity contribution in [1.82, 2.24) is 0 Å². The van der Waals surface area contributed by atoms with E-state index >= 15 is 0 Å². The van der Waals surface area contributed by atoms with Crippen molar-refractivity contribution in [3.8, 4) is 0 Å². The van der Waals surface area contributed by atoms with Gasteiger partial charge in [0.25, 0.3) is 0 Å². The fourth-order valence-electron chi connectivity index (χ4n) is 8.27. The lowest BCUT2D eigenvalue weighted by atomic mass is 10.0. The van der Waals surface area contributed by atoms with Crippen molar-refractivity contribution in [3.05, 3.63) is 122 Å². The van der Waals surface area contributed by atoms with Crippen molar-refractivity contribution in [2.75, 3.05) is 47.5 Å². The standard InChI is InChI=1S/C68H116NO8P/c1-6-8-10-12-14-16-18-20-21-22-23-24-25-26-27-28-29-30-31-32-33-34-35-36-37-38-39-40-41-42-43-44-45-46-47-49-51-53-55-57-59-61-68(71)77-66(65-76-78(72,73)75-63-62-69(3,4)5)64-74-67(70)60-58-56-54-52-50-48-19-17-15-13-11-9-7-2/h8-11,14-17,20-21,23-24,26-27,29-30,48,50,54,56,66H,6-7,12-13,18-19,22,25,28,31-47,49,51-53,55,57-65H2,1-5H3/p+1/b10-8-,11-9-,16-14-,17-15-,21-20-,24-23-,27-26-,30-29-,50-48-,56-54-. The van der Waals surface area contributed by atoms with E-state index in [4.69, 9.17) is 18.5 Å². The molecule has 0 amide bonds. The molecule has 9 nitrogen and oxygen atoms in total. The van der Waals surface area contributed by atoms with Crippen LogP contribution in [0.3, 0.4) is 0 Å². The molecule has 0 heterocycles. The summed E-state index contributed by atoms with van der Waals surface area (Å²) >= 11 is 0. The largest absolute Gasteiger partial charge is 0.472 e. The number of rotatable bonds is 56. The van der Waals surface area contributed by atoms with Crippen molar-refractivity contribution >= 4 is 19.8 Å². The average Bonchev–Trinajstić information content (AvgIpc) is 3.40. The van der Waals surface area contributed by atoms with E-state index in [1.54, 1.807) is 0 Å². The van der Waals surface area contributed by atoms with Crippen LogP contribution < -0.4 is 0 Å². The molecular weight excluding hydrogens is 990 g/mol. The molecule has 0 aromatic heterocycles. The van der Waals surface area contributed by atoms with E-state index in [2.05, 4.69) is 123 Å². The molecule has 0 aromatic carbocycles. The fourth-order valence-corrected chi connectivity index (χ4v) is 9.01. The highest BCUT2D eigenvalue weighted by molar-refractivity contribution is 7.47. The van der Waals surface area contributed by atoms with E-state index in [0.717, 1.165) is 83.5 Å². The van der Waals surface area contributed by atoms with E-state index in [-0.39, 0.29) is 26.1 Å². The lowest BCUT2D eigenvalue weighted by Crippen LogP contribution is -2.37. The first-order valence-electron chi connectivity index (χ1n) is 31.3. The summed E-state index contributed by atoms with van der Waals surface area (Å²) in [5.74, 6) is -0.892. The molecule has 2 atom stereocenters. The lowest BCUT2D eigenvalue weighted by molar-refractivity contribution is -0.870. The molecule has 10 heteroatoms. The van der Waals surface area contributed by atoms with Gasteiger partial charge in [0.05, 0.1) is 27.7 Å². The van der Waals surface area contributed by atoms with E-state index in [1.807, 2.05) is 33.3 Å². The van der Waals surface area contributed by atoms with Crippen molar-refractivity contribution in [1.29, 1.82) is 0 Å². The number of hydrogen-bond donors (Lipinski definition) is 1. The van der Waals surface area contributed by atoms with Crippen LogP contribution in [0, 0.1) is 0 Å².